The summed E-state index contributed by atoms with van der Waals surface area (Å²) in [6.07, 6.45) is 5.22. The minimum atomic E-state index is 0.748. The lowest BCUT2D eigenvalue weighted by Gasteiger charge is -2.14. The van der Waals surface area contributed by atoms with Crippen LogP contribution >= 0.6 is 0 Å². The molecule has 0 unspecified atom stereocenters. The number of nitrogens with two attached hydrogens (primary N) is 1. The summed E-state index contributed by atoms with van der Waals surface area (Å²) in [5.41, 5.74) is 5.33. The molecule has 2 N–H and O–H groups in total. The number of nitrogens with zero attached hydrogens (tertiary/aromatic N) is 1. The molecule has 2 nitrogen and oxygen atoms in total. The quantitative estimate of drug-likeness (QED) is 0.624. The van der Waals surface area contributed by atoms with Crippen molar-refractivity contribution in [3.8, 4) is 0 Å². The first-order chi connectivity index (χ1) is 4.85. The maximum atomic E-state index is 5.33. The van der Waals surface area contributed by atoms with Crippen LogP contribution in [0.5, 0.6) is 0 Å². The van der Waals surface area contributed by atoms with Crippen molar-refractivity contribution < 1.29 is 0 Å². The Hall–Kier alpha value is -0.500. The van der Waals surface area contributed by atoms with Gasteiger partial charge in [0.05, 0.1) is 0 Å². The van der Waals surface area contributed by atoms with Crippen molar-refractivity contribution >= 4 is 0 Å². The molecule has 0 amide bonds. The molecule has 0 radical (unpaired) electrons. The van der Waals surface area contributed by atoms with Crippen LogP contribution in [0.15, 0.2) is 12.3 Å². The van der Waals surface area contributed by atoms with Crippen molar-refractivity contribution in [3.05, 3.63) is 12.3 Å². The average molecular weight is 142 g/mol. The minimum absolute atomic E-state index is 0.748. The summed E-state index contributed by atoms with van der Waals surface area (Å²) in [5.74, 6) is 0. The van der Waals surface area contributed by atoms with E-state index >= 15 is 0 Å². The van der Waals surface area contributed by atoms with Crippen molar-refractivity contribution in [1.29, 1.82) is 0 Å². The first-order valence-corrected chi connectivity index (χ1v) is 3.95. The van der Waals surface area contributed by atoms with Crippen LogP contribution in [-0.2, 0) is 0 Å². The first-order valence-electron chi connectivity index (χ1n) is 3.95. The predicted molar refractivity (Wildman–Crippen MR) is 45.7 cm³/mol. The van der Waals surface area contributed by atoms with Gasteiger partial charge in [-0.1, -0.05) is 6.08 Å². The Balaban J connectivity index is 3.40. The fraction of sp³-hybridized carbons (Fsp3) is 0.750. The van der Waals surface area contributed by atoms with Crippen LogP contribution in [0.2, 0.25) is 0 Å². The molecule has 0 saturated heterocycles. The van der Waals surface area contributed by atoms with E-state index < -0.39 is 0 Å². The Bertz CT molecular complexity index is 85.3. The van der Waals surface area contributed by atoms with E-state index in [4.69, 9.17) is 5.73 Å². The number of hydrogen-bond acceptors (Lipinski definition) is 2. The van der Waals surface area contributed by atoms with E-state index in [1.54, 1.807) is 0 Å². The molecule has 10 heavy (non-hydrogen) atoms. The molecule has 0 fully saturated rings. The van der Waals surface area contributed by atoms with Crippen molar-refractivity contribution in [2.24, 2.45) is 5.73 Å². The molecule has 0 aliphatic carbocycles. The molecule has 0 spiro atoms. The molecule has 0 aliphatic rings. The first kappa shape index (κ1) is 9.50. The van der Waals surface area contributed by atoms with Gasteiger partial charge in [-0.15, -0.1) is 0 Å². The highest BCUT2D eigenvalue weighted by Crippen LogP contribution is 1.89. The van der Waals surface area contributed by atoms with Crippen LogP contribution < -0.4 is 5.73 Å². The van der Waals surface area contributed by atoms with Crippen LogP contribution in [0.3, 0.4) is 0 Å². The molecule has 0 aliphatic heterocycles. The lowest BCUT2D eigenvalue weighted by Crippen LogP contribution is -2.15. The largest absolute Gasteiger partial charge is 0.378 e. The summed E-state index contributed by atoms with van der Waals surface area (Å²) in [7, 11) is 0. The average Bonchev–Trinajstić information content (AvgIpc) is 1.99. The second-order valence-electron chi connectivity index (χ2n) is 2.18. The van der Waals surface area contributed by atoms with Gasteiger partial charge in [0.15, 0.2) is 0 Å². The summed E-state index contributed by atoms with van der Waals surface area (Å²) >= 11 is 0. The van der Waals surface area contributed by atoms with Gasteiger partial charge in [0.25, 0.3) is 0 Å². The van der Waals surface area contributed by atoms with E-state index in [-0.39, 0.29) is 0 Å². The molecular formula is C8H18N2. The van der Waals surface area contributed by atoms with Crippen molar-refractivity contribution in [1.82, 2.24) is 4.90 Å². The van der Waals surface area contributed by atoms with E-state index in [0.29, 0.717) is 0 Å². The maximum absolute atomic E-state index is 5.33. The molecule has 0 aromatic carbocycles. The summed E-state index contributed by atoms with van der Waals surface area (Å²) < 4.78 is 0. The highest BCUT2D eigenvalue weighted by molar-refractivity contribution is 4.81. The van der Waals surface area contributed by atoms with Gasteiger partial charge in [-0.2, -0.15) is 0 Å². The third-order valence-corrected chi connectivity index (χ3v) is 1.46. The zero-order chi connectivity index (χ0) is 7.82. The van der Waals surface area contributed by atoms with Crippen molar-refractivity contribution in [2.75, 3.05) is 19.6 Å². The Labute approximate surface area is 63.7 Å². The molecule has 0 bridgehead atoms. The van der Waals surface area contributed by atoms with Crippen LogP contribution in [0, 0.1) is 0 Å². The molecule has 0 saturated carbocycles. The predicted octanol–water partition coefficient (Wildman–Crippen LogP) is 1.19. The maximum Gasteiger partial charge on any atom is 0.0143 e. The molecule has 2 heteroatoms. The van der Waals surface area contributed by atoms with Gasteiger partial charge < -0.3 is 10.6 Å². The summed E-state index contributed by atoms with van der Waals surface area (Å²) in [6, 6.07) is 0. The third kappa shape index (κ3) is 4.39. The van der Waals surface area contributed by atoms with Crippen molar-refractivity contribution in [2.45, 2.75) is 20.3 Å². The van der Waals surface area contributed by atoms with Gasteiger partial charge in [0, 0.05) is 13.1 Å². The zero-order valence-electron chi connectivity index (χ0n) is 7.01. The standard InChI is InChI=1S/C8H18N2/c1-3-10(4-2)8-6-5-7-9/h6,8H,3-5,7,9H2,1-2H3/b8-6+. The van der Waals surface area contributed by atoms with Gasteiger partial charge in [-0.3, -0.25) is 0 Å². The molecule has 60 valence electrons. The van der Waals surface area contributed by atoms with Gasteiger partial charge in [-0.25, -0.2) is 0 Å². The summed E-state index contributed by atoms with van der Waals surface area (Å²) in [4.78, 5) is 2.25. The highest BCUT2D eigenvalue weighted by atomic mass is 15.1. The van der Waals surface area contributed by atoms with E-state index in [9.17, 15) is 0 Å². The summed E-state index contributed by atoms with van der Waals surface area (Å²) in [6.45, 7) is 7.21. The van der Waals surface area contributed by atoms with E-state index in [0.717, 1.165) is 26.1 Å². The molecular weight excluding hydrogens is 124 g/mol. The van der Waals surface area contributed by atoms with E-state index in [2.05, 4.69) is 31.0 Å². The van der Waals surface area contributed by atoms with Crippen molar-refractivity contribution in [3.63, 3.8) is 0 Å². The highest BCUT2D eigenvalue weighted by Gasteiger charge is 1.86. The molecule has 0 aromatic rings. The molecule has 0 atom stereocenters. The fourth-order valence-electron chi connectivity index (χ4n) is 0.754. The lowest BCUT2D eigenvalue weighted by molar-refractivity contribution is 0.417. The van der Waals surface area contributed by atoms with E-state index in [1.165, 1.54) is 0 Å². The normalized spacial score (nSPS) is 10.7. The molecule has 0 heterocycles. The van der Waals surface area contributed by atoms with Gasteiger partial charge in [-0.05, 0) is 33.0 Å². The van der Waals surface area contributed by atoms with Gasteiger partial charge >= 0.3 is 0 Å². The smallest absolute Gasteiger partial charge is 0.0143 e. The topological polar surface area (TPSA) is 29.3 Å². The lowest BCUT2D eigenvalue weighted by atomic mass is 10.4. The summed E-state index contributed by atoms with van der Waals surface area (Å²) in [5, 5.41) is 0. The number of rotatable bonds is 5. The fourth-order valence-corrected chi connectivity index (χ4v) is 0.754. The Morgan fingerprint density at radius 2 is 1.90 bits per heavy atom. The number of hydrogen-bond donors (Lipinski definition) is 1. The van der Waals surface area contributed by atoms with Crippen LogP contribution in [0.1, 0.15) is 20.3 Å². The SMILES string of the molecule is CCN(/C=C/CCN)CC. The Morgan fingerprint density at radius 1 is 1.30 bits per heavy atom. The van der Waals surface area contributed by atoms with E-state index in [1.807, 2.05) is 0 Å². The monoisotopic (exact) mass is 142 g/mol. The minimum Gasteiger partial charge on any atom is -0.378 e. The molecule has 0 aromatic heterocycles. The van der Waals surface area contributed by atoms with Crippen LogP contribution in [-0.4, -0.2) is 24.5 Å². The Kier molecular flexibility index (Phi) is 6.29. The molecule has 0 rings (SSSR count). The van der Waals surface area contributed by atoms with Gasteiger partial charge in [0.2, 0.25) is 0 Å². The van der Waals surface area contributed by atoms with Crippen LogP contribution in [0.25, 0.3) is 0 Å². The van der Waals surface area contributed by atoms with Crippen LogP contribution in [0.4, 0.5) is 0 Å². The zero-order valence-corrected chi connectivity index (χ0v) is 7.01. The van der Waals surface area contributed by atoms with Gasteiger partial charge in [0.1, 0.15) is 0 Å². The second-order valence-corrected chi connectivity index (χ2v) is 2.18. The Morgan fingerprint density at radius 3 is 2.30 bits per heavy atom. The third-order valence-electron chi connectivity index (χ3n) is 1.46. The second kappa shape index (κ2) is 6.62.